The quantitative estimate of drug-likeness (QED) is 0.181. The number of aryl methyl sites for hydroxylation is 3. The van der Waals surface area contributed by atoms with Gasteiger partial charge in [-0.25, -0.2) is 4.98 Å². The maximum absolute atomic E-state index is 11.7. The Balaban J connectivity index is 1.02. The van der Waals surface area contributed by atoms with Gasteiger partial charge in [0.1, 0.15) is 11.3 Å². The zero-order chi connectivity index (χ0) is 48.9. The van der Waals surface area contributed by atoms with Crippen LogP contribution in [0.2, 0.25) is 0 Å². The summed E-state index contributed by atoms with van der Waals surface area (Å²) in [7, 11) is 0. The van der Waals surface area contributed by atoms with Gasteiger partial charge >= 0.3 is 0 Å². The smallest absolute Gasteiger partial charge is 0.231 e. The first-order chi connectivity index (χ1) is 33.4. The number of rotatable bonds is 6. The number of oxazole rings is 1. The second kappa shape index (κ2) is 17.0. The van der Waals surface area contributed by atoms with Gasteiger partial charge < -0.3 is 9.52 Å². The fraction of sp³-hybridized carbons (Fsp3) is 0.364. The SMILES string of the molecule is Cc1ccc(-c2ccc(-c3cc4c(c5nc(-c6ccc(C(C)(C)C)cc6O)oc35)-c3cc(-c5cc(-c6ccc(C7CCC8(CCCCC8)CC7)cc6)ccn5)ccc3C(C)(C)C4(C)C)c(C)c2)c(C)c1. The molecule has 1 N–H and O–H groups in total. The lowest BCUT2D eigenvalue weighted by Gasteiger charge is -2.48. The van der Waals surface area contributed by atoms with E-state index in [0.29, 0.717) is 28.4 Å². The van der Waals surface area contributed by atoms with Crippen molar-refractivity contribution in [2.45, 2.75) is 149 Å². The zero-order valence-corrected chi connectivity index (χ0v) is 43.2. The molecule has 0 unspecified atom stereocenters. The molecule has 6 aromatic carbocycles. The fourth-order valence-corrected chi connectivity index (χ4v) is 12.8. The van der Waals surface area contributed by atoms with Crippen molar-refractivity contribution in [3.8, 4) is 73.0 Å². The first-order valence-corrected chi connectivity index (χ1v) is 26.1. The van der Waals surface area contributed by atoms with Gasteiger partial charge in [-0.1, -0.05) is 152 Å². The van der Waals surface area contributed by atoms with Crippen LogP contribution in [0.25, 0.3) is 78.3 Å². The van der Waals surface area contributed by atoms with Crippen LogP contribution in [-0.2, 0) is 16.2 Å². The molecule has 3 aliphatic rings. The molecule has 0 bridgehead atoms. The molecule has 70 heavy (non-hydrogen) atoms. The molecule has 8 aromatic rings. The summed E-state index contributed by atoms with van der Waals surface area (Å²) in [5, 5.41) is 11.7. The Bertz CT molecular complexity index is 3320. The van der Waals surface area contributed by atoms with E-state index in [1.165, 1.54) is 108 Å². The maximum atomic E-state index is 11.7. The van der Waals surface area contributed by atoms with E-state index < -0.39 is 0 Å². The summed E-state index contributed by atoms with van der Waals surface area (Å²) in [5.41, 5.74) is 21.9. The lowest BCUT2D eigenvalue weighted by molar-refractivity contribution is 0.114. The van der Waals surface area contributed by atoms with E-state index in [1.807, 2.05) is 18.3 Å². The van der Waals surface area contributed by atoms with E-state index in [9.17, 15) is 5.11 Å². The van der Waals surface area contributed by atoms with Crippen molar-refractivity contribution in [2.24, 2.45) is 5.41 Å². The van der Waals surface area contributed by atoms with Gasteiger partial charge in [0.2, 0.25) is 5.89 Å². The third kappa shape index (κ3) is 7.81. The zero-order valence-electron chi connectivity index (χ0n) is 43.2. The summed E-state index contributed by atoms with van der Waals surface area (Å²) in [6, 6.07) is 42.6. The van der Waals surface area contributed by atoms with Crippen LogP contribution in [0, 0.1) is 26.2 Å². The maximum Gasteiger partial charge on any atom is 0.231 e. The van der Waals surface area contributed by atoms with Crippen LogP contribution in [0.5, 0.6) is 5.75 Å². The Morgan fingerprint density at radius 1 is 0.571 bits per heavy atom. The molecule has 3 aliphatic carbocycles. The highest BCUT2D eigenvalue weighted by Crippen LogP contribution is 2.58. The minimum absolute atomic E-state index is 0.129. The molecule has 2 aromatic heterocycles. The molecule has 11 rings (SSSR count). The van der Waals surface area contributed by atoms with Crippen molar-refractivity contribution in [1.82, 2.24) is 9.97 Å². The lowest BCUT2D eigenvalue weighted by atomic mass is 9.55. The Morgan fingerprint density at radius 2 is 1.24 bits per heavy atom. The Kier molecular flexibility index (Phi) is 11.2. The normalized spacial score (nSPS) is 17.4. The molecule has 0 radical (unpaired) electrons. The average molecular weight is 923 g/mol. The van der Waals surface area contributed by atoms with Gasteiger partial charge in [-0.05, 0) is 190 Å². The molecular weight excluding hydrogens is 853 g/mol. The van der Waals surface area contributed by atoms with Crippen LogP contribution < -0.4 is 0 Å². The number of hydrogen-bond acceptors (Lipinski definition) is 4. The molecule has 0 saturated heterocycles. The van der Waals surface area contributed by atoms with Crippen LogP contribution in [-0.4, -0.2) is 15.1 Å². The monoisotopic (exact) mass is 923 g/mol. The van der Waals surface area contributed by atoms with Gasteiger partial charge in [-0.15, -0.1) is 0 Å². The minimum atomic E-state index is -0.304. The van der Waals surface area contributed by atoms with Crippen molar-refractivity contribution >= 4 is 11.1 Å². The summed E-state index contributed by atoms with van der Waals surface area (Å²) in [4.78, 5) is 10.5. The molecule has 0 aliphatic heterocycles. The van der Waals surface area contributed by atoms with Gasteiger partial charge in [-0.3, -0.25) is 4.98 Å². The molecule has 2 heterocycles. The third-order valence-electron chi connectivity index (χ3n) is 17.9. The topological polar surface area (TPSA) is 59.2 Å². The summed E-state index contributed by atoms with van der Waals surface area (Å²) in [6.07, 6.45) is 14.6. The third-order valence-corrected chi connectivity index (χ3v) is 17.9. The van der Waals surface area contributed by atoms with E-state index in [2.05, 4.69) is 172 Å². The number of hydrogen-bond donors (Lipinski definition) is 1. The van der Waals surface area contributed by atoms with Gasteiger partial charge in [0.05, 0.1) is 11.3 Å². The van der Waals surface area contributed by atoms with Gasteiger partial charge in [0.25, 0.3) is 0 Å². The highest BCUT2D eigenvalue weighted by Gasteiger charge is 2.47. The molecular formula is C66H70N2O2. The average Bonchev–Trinajstić information content (AvgIpc) is 3.79. The van der Waals surface area contributed by atoms with Crippen molar-refractivity contribution < 1.29 is 9.52 Å². The molecule has 0 amide bonds. The van der Waals surface area contributed by atoms with E-state index in [-0.39, 0.29) is 22.0 Å². The van der Waals surface area contributed by atoms with Crippen molar-refractivity contribution in [1.29, 1.82) is 0 Å². The Hall–Kier alpha value is -6.26. The molecule has 4 nitrogen and oxygen atoms in total. The van der Waals surface area contributed by atoms with E-state index >= 15 is 0 Å². The molecule has 0 atom stereocenters. The molecule has 4 heteroatoms. The van der Waals surface area contributed by atoms with Crippen LogP contribution in [0.15, 0.2) is 126 Å². The summed E-state index contributed by atoms with van der Waals surface area (Å²) in [6.45, 7) is 22.5. The van der Waals surface area contributed by atoms with Crippen LogP contribution in [0.4, 0.5) is 0 Å². The van der Waals surface area contributed by atoms with Crippen molar-refractivity contribution in [3.63, 3.8) is 0 Å². The predicted octanol–water partition coefficient (Wildman–Crippen LogP) is 18.3. The molecule has 356 valence electrons. The van der Waals surface area contributed by atoms with Gasteiger partial charge in [0, 0.05) is 22.9 Å². The predicted molar refractivity (Wildman–Crippen MR) is 292 cm³/mol. The van der Waals surface area contributed by atoms with Crippen molar-refractivity contribution in [3.05, 3.63) is 160 Å². The van der Waals surface area contributed by atoms with E-state index in [1.54, 1.807) is 0 Å². The summed E-state index contributed by atoms with van der Waals surface area (Å²) in [5.74, 6) is 1.24. The summed E-state index contributed by atoms with van der Waals surface area (Å²) >= 11 is 0. The van der Waals surface area contributed by atoms with Crippen LogP contribution >= 0.6 is 0 Å². The molecule has 2 fully saturated rings. The second-order valence-electron chi connectivity index (χ2n) is 23.8. The van der Waals surface area contributed by atoms with Crippen molar-refractivity contribution in [2.75, 3.05) is 0 Å². The second-order valence-corrected chi connectivity index (χ2v) is 23.8. The number of benzene rings is 6. The number of aromatic hydroxyl groups is 1. The molecule has 2 saturated carbocycles. The highest BCUT2D eigenvalue weighted by molar-refractivity contribution is 6.05. The number of phenolic OH excluding ortho intramolecular Hbond substituents is 1. The van der Waals surface area contributed by atoms with Crippen LogP contribution in [0.1, 0.15) is 151 Å². The first kappa shape index (κ1) is 46.1. The lowest BCUT2D eigenvalue weighted by Crippen LogP contribution is -2.43. The number of pyridine rings is 1. The summed E-state index contributed by atoms with van der Waals surface area (Å²) < 4.78 is 7.02. The number of nitrogens with zero attached hydrogens (tertiary/aromatic N) is 2. The first-order valence-electron chi connectivity index (χ1n) is 26.1. The Labute approximate surface area is 416 Å². The highest BCUT2D eigenvalue weighted by atomic mass is 16.4. The number of aromatic nitrogens is 2. The Morgan fingerprint density at radius 3 is 1.94 bits per heavy atom. The van der Waals surface area contributed by atoms with E-state index in [0.717, 1.165) is 50.2 Å². The van der Waals surface area contributed by atoms with E-state index in [4.69, 9.17) is 14.4 Å². The minimum Gasteiger partial charge on any atom is -0.507 e. The van der Waals surface area contributed by atoms with Gasteiger partial charge in [0.15, 0.2) is 5.58 Å². The van der Waals surface area contributed by atoms with Crippen LogP contribution in [0.3, 0.4) is 0 Å². The van der Waals surface area contributed by atoms with Gasteiger partial charge in [-0.2, -0.15) is 0 Å². The number of fused-ring (bicyclic) bond motifs is 5. The number of phenols is 1. The fourth-order valence-electron chi connectivity index (χ4n) is 12.8. The molecule has 1 spiro atoms. The standard InChI is InChI=1S/C66H70N2O2/c1-40-14-22-50(41(2)34-40)47-19-23-51(42(3)35-47)53-39-56-59(60-61(53)70-62(68-60)52-24-21-49(38-58(52)69)63(4,5)6)54-36-48(20-25-55(54)64(7,8)65(56,9)10)57-37-46(28-33-67-57)44-17-15-43(16-18-44)45-26-31-66(32-27-45)29-12-11-13-30-66/h14-25,28,33-39,45,69H,11-13,26-27,29-32H2,1-10H3. The largest absolute Gasteiger partial charge is 0.507 e.